The normalized spacial score (nSPS) is 17.3. The number of hydrogen-bond acceptors (Lipinski definition) is 3. The van der Waals surface area contributed by atoms with E-state index in [-0.39, 0.29) is 5.92 Å². The molecule has 0 spiro atoms. The zero-order valence-electron chi connectivity index (χ0n) is 27.4. The predicted molar refractivity (Wildman–Crippen MR) is 202 cm³/mol. The Morgan fingerprint density at radius 2 is 1.46 bits per heavy atom. The van der Waals surface area contributed by atoms with E-state index in [1.807, 2.05) is 30.3 Å². The predicted octanol–water partition coefficient (Wildman–Crippen LogP) is 11.5. The number of furan rings is 1. The van der Waals surface area contributed by atoms with Crippen LogP contribution in [0.4, 0.5) is 0 Å². The summed E-state index contributed by atoms with van der Waals surface area (Å²) in [6.07, 6.45) is 10.2. The molecule has 2 unspecified atom stereocenters. The number of rotatable bonds is 3. The van der Waals surface area contributed by atoms with Crippen molar-refractivity contribution < 1.29 is 4.42 Å². The summed E-state index contributed by atoms with van der Waals surface area (Å²) in [5.74, 6) is 0.0775. The van der Waals surface area contributed by atoms with Crippen LogP contribution >= 0.6 is 0 Å². The van der Waals surface area contributed by atoms with E-state index in [0.717, 1.165) is 67.1 Å². The van der Waals surface area contributed by atoms with Gasteiger partial charge in [-0.05, 0) is 79.1 Å². The molecule has 5 heteroatoms. The second kappa shape index (κ2) is 10.7. The highest BCUT2D eigenvalue weighted by Crippen LogP contribution is 2.45. The molecular formula is C45H30N4O. The maximum absolute atomic E-state index is 10.5. The van der Waals surface area contributed by atoms with E-state index < -0.39 is 0 Å². The number of hydrogen-bond donors (Lipinski definition) is 0. The van der Waals surface area contributed by atoms with Gasteiger partial charge in [-0.3, -0.25) is 0 Å². The van der Waals surface area contributed by atoms with E-state index in [4.69, 9.17) is 4.42 Å². The van der Waals surface area contributed by atoms with Crippen molar-refractivity contribution in [1.82, 2.24) is 9.13 Å². The molecule has 10 rings (SSSR count). The summed E-state index contributed by atoms with van der Waals surface area (Å²) < 4.78 is 11.0. The molecule has 8 aromatic rings. The second-order valence-corrected chi connectivity index (χ2v) is 13.5. The molecule has 0 saturated carbocycles. The minimum Gasteiger partial charge on any atom is -0.456 e. The van der Waals surface area contributed by atoms with Crippen LogP contribution in [0.15, 0.2) is 131 Å². The average Bonchev–Trinajstić information content (AvgIpc) is 3.82. The minimum atomic E-state index is -0.279. The Balaban J connectivity index is 1.17. The van der Waals surface area contributed by atoms with Crippen molar-refractivity contribution in [3.05, 3.63) is 149 Å². The van der Waals surface area contributed by atoms with Gasteiger partial charge < -0.3 is 13.6 Å². The molecule has 0 fully saturated rings. The molecule has 2 atom stereocenters. The Morgan fingerprint density at radius 1 is 0.700 bits per heavy atom. The molecule has 5 aromatic carbocycles. The van der Waals surface area contributed by atoms with Crippen molar-refractivity contribution in [2.45, 2.75) is 31.6 Å². The maximum Gasteiger partial charge on any atom is 0.136 e. The van der Waals surface area contributed by atoms with Gasteiger partial charge >= 0.3 is 0 Å². The van der Waals surface area contributed by atoms with Crippen LogP contribution < -0.4 is 0 Å². The molecule has 3 aromatic heterocycles. The number of aromatic nitrogens is 2. The van der Waals surface area contributed by atoms with Crippen LogP contribution in [0.1, 0.15) is 54.0 Å². The molecule has 0 N–H and O–H groups in total. The summed E-state index contributed by atoms with van der Waals surface area (Å²) >= 11 is 0. The van der Waals surface area contributed by atoms with Gasteiger partial charge in [-0.1, -0.05) is 73.7 Å². The number of benzene rings is 5. The first-order valence-corrected chi connectivity index (χ1v) is 17.1. The topological polar surface area (TPSA) is 70.6 Å². The molecular weight excluding hydrogens is 613 g/mol. The van der Waals surface area contributed by atoms with E-state index in [2.05, 4.69) is 125 Å². The molecule has 2 aliphatic carbocycles. The van der Waals surface area contributed by atoms with Gasteiger partial charge in [0.1, 0.15) is 11.2 Å². The van der Waals surface area contributed by atoms with Crippen molar-refractivity contribution in [3.8, 4) is 17.8 Å². The van der Waals surface area contributed by atoms with Gasteiger partial charge in [-0.15, -0.1) is 0 Å². The molecule has 0 aliphatic heterocycles. The van der Waals surface area contributed by atoms with E-state index in [9.17, 15) is 10.5 Å². The molecule has 5 nitrogen and oxygen atoms in total. The molecule has 0 saturated heterocycles. The summed E-state index contributed by atoms with van der Waals surface area (Å²) in [6.45, 7) is 2.29. The molecule has 0 bridgehead atoms. The van der Waals surface area contributed by atoms with Crippen molar-refractivity contribution in [2.24, 2.45) is 0 Å². The van der Waals surface area contributed by atoms with Gasteiger partial charge in [0.15, 0.2) is 0 Å². The fourth-order valence-electron chi connectivity index (χ4n) is 8.64. The average molecular weight is 643 g/mol. The highest BCUT2D eigenvalue weighted by Gasteiger charge is 2.30. The van der Waals surface area contributed by atoms with Crippen LogP contribution in [0.25, 0.3) is 72.1 Å². The van der Waals surface area contributed by atoms with E-state index in [1.54, 1.807) is 0 Å². The van der Waals surface area contributed by atoms with Crippen molar-refractivity contribution in [3.63, 3.8) is 0 Å². The van der Waals surface area contributed by atoms with Crippen LogP contribution in [0.5, 0.6) is 0 Å². The summed E-state index contributed by atoms with van der Waals surface area (Å²) in [7, 11) is 0. The van der Waals surface area contributed by atoms with Gasteiger partial charge in [-0.25, -0.2) is 0 Å². The molecule has 50 heavy (non-hydrogen) atoms. The first-order valence-electron chi connectivity index (χ1n) is 17.1. The van der Waals surface area contributed by atoms with Crippen molar-refractivity contribution in [2.75, 3.05) is 0 Å². The summed E-state index contributed by atoms with van der Waals surface area (Å²) in [4.78, 5) is 0. The third-order valence-corrected chi connectivity index (χ3v) is 10.8. The Labute approximate surface area is 288 Å². The first-order chi connectivity index (χ1) is 24.6. The zero-order chi connectivity index (χ0) is 33.5. The largest absolute Gasteiger partial charge is 0.456 e. The fraction of sp³-hybridized carbons (Fsp3) is 0.111. The lowest BCUT2D eigenvalue weighted by Gasteiger charge is -2.27. The molecule has 2 aliphatic rings. The fourth-order valence-corrected chi connectivity index (χ4v) is 8.64. The number of nitrogens with zero attached hydrogens (tertiary/aromatic N) is 4. The minimum absolute atomic E-state index is 0.279. The van der Waals surface area contributed by atoms with Crippen LogP contribution in [0, 0.1) is 22.7 Å². The van der Waals surface area contributed by atoms with Gasteiger partial charge in [-0.2, -0.15) is 10.5 Å². The summed E-state index contributed by atoms with van der Waals surface area (Å²) in [5, 5.41) is 26.6. The van der Waals surface area contributed by atoms with E-state index >= 15 is 0 Å². The SMILES string of the molecule is CC1CC=Cc2c1n(C1=CC=C(C#N)C(c3cc(-n4c5ccccc5c5c6c(ccc54)oc4ccccc46)ccc3C#N)C1)c1ccccc21. The van der Waals surface area contributed by atoms with Gasteiger partial charge in [0.25, 0.3) is 0 Å². The third kappa shape index (κ3) is 3.92. The lowest BCUT2D eigenvalue weighted by atomic mass is 9.82. The van der Waals surface area contributed by atoms with Crippen LogP contribution in [0.3, 0.4) is 0 Å². The zero-order valence-corrected chi connectivity index (χ0v) is 27.4. The molecule has 3 heterocycles. The standard InChI is InChI=1S/C45H30N4O/c1-27-9-8-13-33-32-10-2-5-14-38(32)49(45(27)33)31-20-18-29(26-47)37(24-31)36-23-30(19-17-28(36)25-46)48-39-15-6-3-11-34(39)43-40(48)21-22-42-44(43)35-12-4-7-16-41(35)50-42/h2-8,10-23,27,37H,9,24H2,1H3. The maximum atomic E-state index is 10.5. The van der Waals surface area contributed by atoms with Gasteiger partial charge in [0.2, 0.25) is 0 Å². The lowest BCUT2D eigenvalue weighted by molar-refractivity contribution is 0.669. The molecule has 0 amide bonds. The molecule has 0 radical (unpaired) electrons. The summed E-state index contributed by atoms with van der Waals surface area (Å²) in [6, 6.07) is 40.5. The highest BCUT2D eigenvalue weighted by molar-refractivity contribution is 6.27. The second-order valence-electron chi connectivity index (χ2n) is 13.5. The van der Waals surface area contributed by atoms with Gasteiger partial charge in [0.05, 0.1) is 34.3 Å². The quantitative estimate of drug-likeness (QED) is 0.192. The smallest absolute Gasteiger partial charge is 0.136 e. The Kier molecular flexibility index (Phi) is 6.10. The third-order valence-electron chi connectivity index (χ3n) is 10.8. The van der Waals surface area contributed by atoms with Crippen LogP contribution in [0.2, 0.25) is 0 Å². The summed E-state index contributed by atoms with van der Waals surface area (Å²) in [5.41, 5.74) is 11.8. The number of fused-ring (bicyclic) bond motifs is 10. The first kappa shape index (κ1) is 28.5. The van der Waals surface area contributed by atoms with E-state index in [1.165, 1.54) is 22.2 Å². The van der Waals surface area contributed by atoms with Crippen molar-refractivity contribution in [1.29, 1.82) is 10.5 Å². The number of para-hydroxylation sites is 3. The van der Waals surface area contributed by atoms with Crippen LogP contribution in [-0.4, -0.2) is 9.13 Å². The van der Waals surface area contributed by atoms with Gasteiger partial charge in [0, 0.05) is 67.0 Å². The Bertz CT molecular complexity index is 2930. The Morgan fingerprint density at radius 3 is 2.28 bits per heavy atom. The number of allylic oxidation sites excluding steroid dienone is 5. The number of nitriles is 2. The Hall–Kier alpha value is -6.56. The van der Waals surface area contributed by atoms with Crippen LogP contribution in [-0.2, 0) is 0 Å². The van der Waals surface area contributed by atoms with E-state index in [0.29, 0.717) is 23.5 Å². The highest BCUT2D eigenvalue weighted by atomic mass is 16.3. The molecule has 236 valence electrons. The van der Waals surface area contributed by atoms with Crippen molar-refractivity contribution >= 4 is 66.4 Å². The monoisotopic (exact) mass is 642 g/mol. The lowest BCUT2D eigenvalue weighted by Crippen LogP contribution is -2.15.